The van der Waals surface area contributed by atoms with Gasteiger partial charge in [0.25, 0.3) is 0 Å². The Bertz CT molecular complexity index is 473. The van der Waals surface area contributed by atoms with Crippen molar-refractivity contribution in [2.75, 3.05) is 5.32 Å². The van der Waals surface area contributed by atoms with Gasteiger partial charge >= 0.3 is 0 Å². The summed E-state index contributed by atoms with van der Waals surface area (Å²) in [7, 11) is 0. The van der Waals surface area contributed by atoms with E-state index in [-0.39, 0.29) is 0 Å². The highest BCUT2D eigenvalue weighted by Crippen LogP contribution is 2.32. The first-order chi connectivity index (χ1) is 9.60. The number of aryl methyl sites for hydroxylation is 1. The SMILES string of the molecule is Cc1cc(Br)c(NC(=NC2CCCCC2)NN)c(Br)c1. The first-order valence-corrected chi connectivity index (χ1v) is 8.46. The van der Waals surface area contributed by atoms with E-state index in [1.54, 1.807) is 0 Å². The van der Waals surface area contributed by atoms with Crippen LogP contribution in [-0.2, 0) is 0 Å². The van der Waals surface area contributed by atoms with Crippen molar-refractivity contribution in [3.63, 3.8) is 0 Å². The number of benzene rings is 1. The Balaban J connectivity index is 2.15. The van der Waals surface area contributed by atoms with E-state index in [9.17, 15) is 0 Å². The largest absolute Gasteiger partial charge is 0.323 e. The number of anilines is 1. The van der Waals surface area contributed by atoms with Crippen LogP contribution >= 0.6 is 31.9 Å². The van der Waals surface area contributed by atoms with Gasteiger partial charge in [-0.25, -0.2) is 10.8 Å². The average molecular weight is 404 g/mol. The second kappa shape index (κ2) is 7.43. The van der Waals surface area contributed by atoms with Crippen LogP contribution < -0.4 is 16.6 Å². The minimum Gasteiger partial charge on any atom is -0.323 e. The lowest BCUT2D eigenvalue weighted by molar-refractivity contribution is 0.442. The third-order valence-corrected chi connectivity index (χ3v) is 4.70. The van der Waals surface area contributed by atoms with Crippen molar-refractivity contribution in [1.29, 1.82) is 0 Å². The highest BCUT2D eigenvalue weighted by Gasteiger charge is 2.14. The minimum absolute atomic E-state index is 0.366. The summed E-state index contributed by atoms with van der Waals surface area (Å²) in [6.07, 6.45) is 6.11. The number of halogens is 2. The fourth-order valence-corrected chi connectivity index (χ4v) is 4.05. The lowest BCUT2D eigenvalue weighted by Gasteiger charge is -2.20. The van der Waals surface area contributed by atoms with Crippen LogP contribution in [0.4, 0.5) is 5.69 Å². The lowest BCUT2D eigenvalue weighted by atomic mass is 9.96. The maximum Gasteiger partial charge on any atom is 0.210 e. The summed E-state index contributed by atoms with van der Waals surface area (Å²) in [5.74, 6) is 6.21. The fourth-order valence-electron chi connectivity index (χ4n) is 2.44. The van der Waals surface area contributed by atoms with Gasteiger partial charge in [-0.05, 0) is 69.3 Å². The third-order valence-electron chi connectivity index (χ3n) is 3.45. The van der Waals surface area contributed by atoms with Gasteiger partial charge in [0.15, 0.2) is 0 Å². The van der Waals surface area contributed by atoms with Gasteiger partial charge in [0.05, 0.1) is 11.7 Å². The first-order valence-electron chi connectivity index (χ1n) is 6.87. The molecular formula is C14H20Br2N4. The van der Waals surface area contributed by atoms with Crippen molar-refractivity contribution in [3.05, 3.63) is 26.6 Å². The number of hydrazine groups is 1. The summed E-state index contributed by atoms with van der Waals surface area (Å²) in [6.45, 7) is 2.05. The van der Waals surface area contributed by atoms with Crippen LogP contribution in [-0.4, -0.2) is 12.0 Å². The van der Waals surface area contributed by atoms with E-state index >= 15 is 0 Å². The Labute approximate surface area is 136 Å². The molecule has 0 spiro atoms. The molecule has 0 atom stereocenters. The molecule has 0 aliphatic heterocycles. The number of rotatable bonds is 2. The lowest BCUT2D eigenvalue weighted by Crippen LogP contribution is -2.37. The summed E-state index contributed by atoms with van der Waals surface area (Å²) in [5, 5.41) is 3.26. The number of nitrogens with one attached hydrogen (secondary N) is 2. The van der Waals surface area contributed by atoms with E-state index in [1.807, 2.05) is 0 Å². The van der Waals surface area contributed by atoms with Crippen LogP contribution in [0.25, 0.3) is 0 Å². The van der Waals surface area contributed by atoms with Crippen molar-refractivity contribution >= 4 is 43.5 Å². The number of nitrogens with two attached hydrogens (primary N) is 1. The van der Waals surface area contributed by atoms with Crippen LogP contribution in [0.5, 0.6) is 0 Å². The molecule has 0 saturated heterocycles. The molecule has 4 N–H and O–H groups in total. The van der Waals surface area contributed by atoms with Gasteiger partial charge in [0.1, 0.15) is 0 Å². The van der Waals surface area contributed by atoms with E-state index in [2.05, 4.69) is 66.7 Å². The Kier molecular flexibility index (Phi) is 5.86. The molecule has 1 aliphatic rings. The zero-order valence-corrected chi connectivity index (χ0v) is 14.7. The number of nitrogens with zero attached hydrogens (tertiary/aromatic N) is 1. The summed E-state index contributed by atoms with van der Waals surface area (Å²) in [6, 6.07) is 4.48. The summed E-state index contributed by atoms with van der Waals surface area (Å²) in [5.41, 5.74) is 4.78. The normalized spacial score (nSPS) is 17.1. The molecule has 4 nitrogen and oxygen atoms in total. The number of aliphatic imine (C=N–C) groups is 1. The van der Waals surface area contributed by atoms with Crippen LogP contribution in [0.3, 0.4) is 0 Å². The van der Waals surface area contributed by atoms with Crippen molar-refractivity contribution in [3.8, 4) is 0 Å². The molecule has 1 aromatic carbocycles. The van der Waals surface area contributed by atoms with E-state index in [4.69, 9.17) is 5.84 Å². The minimum atomic E-state index is 0.366. The van der Waals surface area contributed by atoms with Gasteiger partial charge < -0.3 is 5.32 Å². The molecule has 20 heavy (non-hydrogen) atoms. The predicted octanol–water partition coefficient (Wildman–Crippen LogP) is 4.08. The summed E-state index contributed by atoms with van der Waals surface area (Å²) < 4.78 is 1.96. The smallest absolute Gasteiger partial charge is 0.210 e. The Morgan fingerprint density at radius 1 is 1.20 bits per heavy atom. The Hall–Kier alpha value is -0.590. The van der Waals surface area contributed by atoms with Crippen LogP contribution in [0, 0.1) is 6.92 Å². The van der Waals surface area contributed by atoms with E-state index in [0.29, 0.717) is 12.0 Å². The maximum absolute atomic E-state index is 5.59. The van der Waals surface area contributed by atoms with Gasteiger partial charge in [-0.1, -0.05) is 19.3 Å². The molecule has 2 rings (SSSR count). The Morgan fingerprint density at radius 3 is 2.35 bits per heavy atom. The van der Waals surface area contributed by atoms with Crippen LogP contribution in [0.15, 0.2) is 26.1 Å². The highest BCUT2D eigenvalue weighted by atomic mass is 79.9. The van der Waals surface area contributed by atoms with Crippen LogP contribution in [0.1, 0.15) is 37.7 Å². The predicted molar refractivity (Wildman–Crippen MR) is 91.8 cm³/mol. The first kappa shape index (κ1) is 15.8. The van der Waals surface area contributed by atoms with Gasteiger partial charge in [0.2, 0.25) is 5.96 Å². The molecule has 6 heteroatoms. The molecule has 1 saturated carbocycles. The van der Waals surface area contributed by atoms with E-state index in [1.165, 1.54) is 24.8 Å². The second-order valence-corrected chi connectivity index (χ2v) is 6.85. The molecule has 0 unspecified atom stereocenters. The van der Waals surface area contributed by atoms with Crippen molar-refractivity contribution in [1.82, 2.24) is 5.43 Å². The molecule has 1 aliphatic carbocycles. The molecule has 0 amide bonds. The van der Waals surface area contributed by atoms with Gasteiger partial charge in [-0.2, -0.15) is 0 Å². The molecule has 1 fully saturated rings. The average Bonchev–Trinajstić information content (AvgIpc) is 2.42. The standard InChI is InChI=1S/C14H20Br2N4/c1-9-7-11(15)13(12(16)8-9)19-14(20-17)18-10-5-3-2-4-6-10/h7-8,10H,2-6,17H2,1H3,(H2,18,19,20). The van der Waals surface area contributed by atoms with E-state index in [0.717, 1.165) is 27.5 Å². The van der Waals surface area contributed by atoms with Gasteiger partial charge in [-0.3, -0.25) is 5.43 Å². The second-order valence-electron chi connectivity index (χ2n) is 5.14. The Morgan fingerprint density at radius 2 is 1.80 bits per heavy atom. The van der Waals surface area contributed by atoms with Crippen molar-refractivity contribution < 1.29 is 0 Å². The number of guanidine groups is 1. The summed E-state index contributed by atoms with van der Waals surface area (Å²) in [4.78, 5) is 4.68. The maximum atomic E-state index is 5.59. The molecule has 0 heterocycles. The molecular weight excluding hydrogens is 384 g/mol. The van der Waals surface area contributed by atoms with E-state index < -0.39 is 0 Å². The fraction of sp³-hybridized carbons (Fsp3) is 0.500. The molecule has 0 aromatic heterocycles. The number of hydrogen-bond acceptors (Lipinski definition) is 2. The molecule has 110 valence electrons. The monoisotopic (exact) mass is 402 g/mol. The third kappa shape index (κ3) is 4.20. The van der Waals surface area contributed by atoms with Gasteiger partial charge in [-0.15, -0.1) is 0 Å². The topological polar surface area (TPSA) is 62.4 Å². The van der Waals surface area contributed by atoms with Crippen LogP contribution in [0.2, 0.25) is 0 Å². The molecule has 1 aromatic rings. The molecule has 0 bridgehead atoms. The zero-order chi connectivity index (χ0) is 14.5. The van der Waals surface area contributed by atoms with Gasteiger partial charge in [0, 0.05) is 8.95 Å². The quantitative estimate of drug-likeness (QED) is 0.301. The number of hydrogen-bond donors (Lipinski definition) is 3. The molecule has 0 radical (unpaired) electrons. The van der Waals surface area contributed by atoms with Crippen molar-refractivity contribution in [2.24, 2.45) is 10.8 Å². The van der Waals surface area contributed by atoms with Crippen molar-refractivity contribution in [2.45, 2.75) is 45.1 Å². The summed E-state index contributed by atoms with van der Waals surface area (Å²) >= 11 is 7.13. The zero-order valence-electron chi connectivity index (χ0n) is 11.5. The highest BCUT2D eigenvalue weighted by molar-refractivity contribution is 9.11.